The summed E-state index contributed by atoms with van der Waals surface area (Å²) in [4.78, 5) is 0. The van der Waals surface area contributed by atoms with Gasteiger partial charge in [0, 0.05) is 4.47 Å². The Morgan fingerprint density at radius 3 is 2.56 bits per heavy atom. The van der Waals surface area contributed by atoms with E-state index in [0.29, 0.717) is 5.02 Å². The SMILES string of the molecule is COc1cccc(C(O)c2ccc(Br)c(Cl)c2)c1. The first kappa shape index (κ1) is 13.4. The highest BCUT2D eigenvalue weighted by Crippen LogP contribution is 2.30. The van der Waals surface area contributed by atoms with E-state index in [9.17, 15) is 5.11 Å². The molecule has 1 atom stereocenters. The fourth-order valence-electron chi connectivity index (χ4n) is 1.69. The second-order valence-electron chi connectivity index (χ2n) is 3.85. The molecule has 0 heterocycles. The zero-order valence-corrected chi connectivity index (χ0v) is 12.1. The van der Waals surface area contributed by atoms with Crippen molar-refractivity contribution < 1.29 is 9.84 Å². The van der Waals surface area contributed by atoms with Gasteiger partial charge >= 0.3 is 0 Å². The number of aliphatic hydroxyl groups is 1. The number of benzene rings is 2. The quantitative estimate of drug-likeness (QED) is 0.916. The molecule has 0 aliphatic rings. The van der Waals surface area contributed by atoms with Gasteiger partial charge in [0.2, 0.25) is 0 Å². The molecule has 1 N–H and O–H groups in total. The Morgan fingerprint density at radius 1 is 1.17 bits per heavy atom. The van der Waals surface area contributed by atoms with E-state index in [0.717, 1.165) is 21.3 Å². The van der Waals surface area contributed by atoms with Gasteiger partial charge in [0.1, 0.15) is 11.9 Å². The molecule has 0 spiro atoms. The second kappa shape index (κ2) is 5.74. The first-order valence-corrected chi connectivity index (χ1v) is 6.56. The van der Waals surface area contributed by atoms with Crippen molar-refractivity contribution in [3.63, 3.8) is 0 Å². The first-order chi connectivity index (χ1) is 8.61. The molecule has 0 fully saturated rings. The van der Waals surface area contributed by atoms with Crippen molar-refractivity contribution in [2.24, 2.45) is 0 Å². The Balaban J connectivity index is 2.34. The van der Waals surface area contributed by atoms with Crippen LogP contribution in [0.5, 0.6) is 5.75 Å². The van der Waals surface area contributed by atoms with E-state index >= 15 is 0 Å². The summed E-state index contributed by atoms with van der Waals surface area (Å²) in [7, 11) is 1.60. The lowest BCUT2D eigenvalue weighted by Gasteiger charge is -2.13. The standard InChI is InChI=1S/C14H12BrClO2/c1-18-11-4-2-3-9(7-11)14(17)10-5-6-12(15)13(16)8-10/h2-8,14,17H,1H3. The summed E-state index contributed by atoms with van der Waals surface area (Å²) in [6, 6.07) is 12.7. The van der Waals surface area contributed by atoms with Crippen LogP contribution in [0, 0.1) is 0 Å². The van der Waals surface area contributed by atoms with Crippen LogP contribution in [0.25, 0.3) is 0 Å². The predicted molar refractivity (Wildman–Crippen MR) is 76.2 cm³/mol. The molecule has 1 unspecified atom stereocenters. The fourth-order valence-corrected chi connectivity index (χ4v) is 2.12. The molecule has 2 nitrogen and oxygen atoms in total. The van der Waals surface area contributed by atoms with E-state index in [1.54, 1.807) is 19.2 Å². The Morgan fingerprint density at radius 2 is 1.89 bits per heavy atom. The number of hydrogen-bond donors (Lipinski definition) is 1. The van der Waals surface area contributed by atoms with Gasteiger partial charge in [-0.15, -0.1) is 0 Å². The number of methoxy groups -OCH3 is 1. The molecule has 0 aliphatic carbocycles. The van der Waals surface area contributed by atoms with Gasteiger partial charge in [-0.3, -0.25) is 0 Å². The number of hydrogen-bond acceptors (Lipinski definition) is 2. The number of rotatable bonds is 3. The molecule has 0 aromatic heterocycles. The van der Waals surface area contributed by atoms with Gasteiger partial charge in [-0.05, 0) is 51.3 Å². The normalized spacial score (nSPS) is 12.2. The van der Waals surface area contributed by atoms with Gasteiger partial charge in [0.15, 0.2) is 0 Å². The topological polar surface area (TPSA) is 29.5 Å². The molecule has 0 saturated carbocycles. The Labute approximate surface area is 119 Å². The summed E-state index contributed by atoms with van der Waals surface area (Å²) in [5.74, 6) is 0.717. The number of aliphatic hydroxyl groups excluding tert-OH is 1. The zero-order valence-electron chi connectivity index (χ0n) is 9.73. The van der Waals surface area contributed by atoms with Crippen LogP contribution in [0.3, 0.4) is 0 Å². The lowest BCUT2D eigenvalue weighted by atomic mass is 10.0. The average Bonchev–Trinajstić information content (AvgIpc) is 2.41. The lowest BCUT2D eigenvalue weighted by Crippen LogP contribution is -2.00. The summed E-state index contributed by atoms with van der Waals surface area (Å²) in [5.41, 5.74) is 1.52. The van der Waals surface area contributed by atoms with Gasteiger partial charge < -0.3 is 9.84 Å². The minimum Gasteiger partial charge on any atom is -0.497 e. The van der Waals surface area contributed by atoms with Crippen LogP contribution in [-0.2, 0) is 0 Å². The summed E-state index contributed by atoms with van der Waals surface area (Å²) in [6.07, 6.45) is -0.717. The molecular weight excluding hydrogens is 316 g/mol. The number of ether oxygens (including phenoxy) is 1. The molecule has 0 amide bonds. The van der Waals surface area contributed by atoms with Gasteiger partial charge in [-0.2, -0.15) is 0 Å². The molecular formula is C14H12BrClO2. The van der Waals surface area contributed by atoms with Crippen molar-refractivity contribution in [2.75, 3.05) is 7.11 Å². The summed E-state index contributed by atoms with van der Waals surface area (Å²) in [6.45, 7) is 0. The van der Waals surface area contributed by atoms with Crippen LogP contribution in [0.1, 0.15) is 17.2 Å². The molecule has 0 radical (unpaired) electrons. The third-order valence-electron chi connectivity index (χ3n) is 2.67. The predicted octanol–water partition coefficient (Wildman–Crippen LogP) is 4.19. The van der Waals surface area contributed by atoms with Crippen molar-refractivity contribution in [1.29, 1.82) is 0 Å². The lowest BCUT2D eigenvalue weighted by molar-refractivity contribution is 0.220. The van der Waals surface area contributed by atoms with Crippen molar-refractivity contribution in [3.8, 4) is 5.75 Å². The van der Waals surface area contributed by atoms with Gasteiger partial charge in [0.05, 0.1) is 12.1 Å². The highest BCUT2D eigenvalue weighted by Gasteiger charge is 2.12. The van der Waals surface area contributed by atoms with Crippen molar-refractivity contribution in [3.05, 3.63) is 63.1 Å². The van der Waals surface area contributed by atoms with Crippen LogP contribution in [0.15, 0.2) is 46.9 Å². The van der Waals surface area contributed by atoms with E-state index in [4.69, 9.17) is 16.3 Å². The highest BCUT2D eigenvalue weighted by molar-refractivity contribution is 9.10. The van der Waals surface area contributed by atoms with Gasteiger partial charge in [0.25, 0.3) is 0 Å². The molecule has 4 heteroatoms. The molecule has 0 aliphatic heterocycles. The monoisotopic (exact) mass is 326 g/mol. The fraction of sp³-hybridized carbons (Fsp3) is 0.143. The van der Waals surface area contributed by atoms with Crippen LogP contribution >= 0.6 is 27.5 Å². The molecule has 2 aromatic carbocycles. The summed E-state index contributed by atoms with van der Waals surface area (Å²) >= 11 is 9.35. The molecule has 0 bridgehead atoms. The van der Waals surface area contributed by atoms with Crippen LogP contribution in [-0.4, -0.2) is 12.2 Å². The van der Waals surface area contributed by atoms with Crippen molar-refractivity contribution >= 4 is 27.5 Å². The van der Waals surface area contributed by atoms with E-state index in [-0.39, 0.29) is 0 Å². The van der Waals surface area contributed by atoms with E-state index in [1.165, 1.54) is 0 Å². The van der Waals surface area contributed by atoms with Crippen LogP contribution < -0.4 is 4.74 Å². The largest absolute Gasteiger partial charge is 0.497 e. The highest BCUT2D eigenvalue weighted by atomic mass is 79.9. The Kier molecular flexibility index (Phi) is 4.27. The van der Waals surface area contributed by atoms with E-state index in [2.05, 4.69) is 15.9 Å². The van der Waals surface area contributed by atoms with Crippen molar-refractivity contribution in [2.45, 2.75) is 6.10 Å². The smallest absolute Gasteiger partial charge is 0.119 e. The summed E-state index contributed by atoms with van der Waals surface area (Å²) in [5, 5.41) is 10.9. The number of halogens is 2. The maximum Gasteiger partial charge on any atom is 0.119 e. The maximum atomic E-state index is 10.3. The molecule has 94 valence electrons. The molecule has 2 rings (SSSR count). The first-order valence-electron chi connectivity index (χ1n) is 5.39. The van der Waals surface area contributed by atoms with Crippen LogP contribution in [0.2, 0.25) is 5.02 Å². The average molecular weight is 328 g/mol. The Hall–Kier alpha value is -1.03. The minimum absolute atomic E-state index is 0.578. The van der Waals surface area contributed by atoms with Crippen LogP contribution in [0.4, 0.5) is 0 Å². The maximum absolute atomic E-state index is 10.3. The third kappa shape index (κ3) is 2.86. The molecule has 0 saturated heterocycles. The Bertz CT molecular complexity index is 557. The zero-order chi connectivity index (χ0) is 13.1. The third-order valence-corrected chi connectivity index (χ3v) is 3.90. The van der Waals surface area contributed by atoms with E-state index in [1.807, 2.05) is 30.3 Å². The minimum atomic E-state index is -0.717. The van der Waals surface area contributed by atoms with E-state index < -0.39 is 6.10 Å². The van der Waals surface area contributed by atoms with Gasteiger partial charge in [-0.25, -0.2) is 0 Å². The second-order valence-corrected chi connectivity index (χ2v) is 5.11. The molecule has 2 aromatic rings. The molecule has 18 heavy (non-hydrogen) atoms. The van der Waals surface area contributed by atoms with Gasteiger partial charge in [-0.1, -0.05) is 29.8 Å². The summed E-state index contributed by atoms with van der Waals surface area (Å²) < 4.78 is 5.95. The van der Waals surface area contributed by atoms with Crippen molar-refractivity contribution in [1.82, 2.24) is 0 Å².